The monoisotopic (exact) mass is 259 g/mol. The molecule has 0 saturated carbocycles. The lowest BCUT2D eigenvalue weighted by Crippen LogP contribution is -2.52. The van der Waals surface area contributed by atoms with Gasteiger partial charge >= 0.3 is 12.0 Å². The molecule has 0 aromatic rings. The van der Waals surface area contributed by atoms with Gasteiger partial charge in [0.1, 0.15) is 12.1 Å². The van der Waals surface area contributed by atoms with Crippen LogP contribution in [0.3, 0.4) is 0 Å². The number of nitrogens with zero attached hydrogens (tertiary/aromatic N) is 1. The Kier molecular flexibility index (Phi) is 4.49. The molecule has 8 heteroatoms. The molecule has 1 aliphatic rings. The first-order chi connectivity index (χ1) is 8.36. The number of amides is 3. The summed E-state index contributed by atoms with van der Waals surface area (Å²) < 4.78 is 0. The molecule has 0 bridgehead atoms. The molecule has 1 fully saturated rings. The van der Waals surface area contributed by atoms with Crippen molar-refractivity contribution in [2.24, 2.45) is 0 Å². The summed E-state index contributed by atoms with van der Waals surface area (Å²) in [4.78, 5) is 35.0. The first kappa shape index (κ1) is 14.2. The van der Waals surface area contributed by atoms with E-state index in [1.807, 2.05) is 0 Å². The molecule has 3 atom stereocenters. The van der Waals surface area contributed by atoms with Crippen LogP contribution in [0, 0.1) is 0 Å². The van der Waals surface area contributed by atoms with Crippen LogP contribution in [-0.2, 0) is 9.59 Å². The lowest BCUT2D eigenvalue weighted by atomic mass is 10.2. The lowest BCUT2D eigenvalue weighted by molar-refractivity contribution is -0.141. The van der Waals surface area contributed by atoms with Crippen molar-refractivity contribution in [3.63, 3.8) is 0 Å². The summed E-state index contributed by atoms with van der Waals surface area (Å²) in [6.07, 6.45) is -0.857. The quantitative estimate of drug-likeness (QED) is 0.484. The van der Waals surface area contributed by atoms with Gasteiger partial charge in [-0.15, -0.1) is 0 Å². The first-order valence-corrected chi connectivity index (χ1v) is 5.56. The van der Waals surface area contributed by atoms with Crippen LogP contribution in [0.5, 0.6) is 0 Å². The molecule has 4 N–H and O–H groups in total. The van der Waals surface area contributed by atoms with Crippen LogP contribution < -0.4 is 10.6 Å². The fourth-order valence-electron chi connectivity index (χ4n) is 1.82. The Hall–Kier alpha value is -1.83. The predicted octanol–water partition coefficient (Wildman–Crippen LogP) is -1.65. The SMILES string of the molecule is CNC(=O)C(C)NC(=O)N1C[C@H](O)C[C@H]1C(=O)O. The number of aliphatic hydroxyl groups excluding tert-OH is 1. The largest absolute Gasteiger partial charge is 0.480 e. The van der Waals surface area contributed by atoms with Crippen LogP contribution in [0.15, 0.2) is 0 Å². The number of hydrogen-bond donors (Lipinski definition) is 4. The molecule has 1 saturated heterocycles. The molecular weight excluding hydrogens is 242 g/mol. The van der Waals surface area contributed by atoms with Gasteiger partial charge in [-0.3, -0.25) is 4.79 Å². The summed E-state index contributed by atoms with van der Waals surface area (Å²) in [6.45, 7) is 1.43. The van der Waals surface area contributed by atoms with Crippen molar-refractivity contribution in [2.75, 3.05) is 13.6 Å². The predicted molar refractivity (Wildman–Crippen MR) is 60.8 cm³/mol. The first-order valence-electron chi connectivity index (χ1n) is 5.56. The van der Waals surface area contributed by atoms with Crippen molar-refractivity contribution in [3.8, 4) is 0 Å². The van der Waals surface area contributed by atoms with Crippen molar-refractivity contribution in [3.05, 3.63) is 0 Å². The van der Waals surface area contributed by atoms with Gasteiger partial charge in [-0.1, -0.05) is 0 Å². The number of urea groups is 1. The highest BCUT2D eigenvalue weighted by Gasteiger charge is 2.39. The molecule has 0 aromatic carbocycles. The van der Waals surface area contributed by atoms with E-state index < -0.39 is 30.2 Å². The molecule has 1 unspecified atom stereocenters. The van der Waals surface area contributed by atoms with Gasteiger partial charge in [-0.25, -0.2) is 9.59 Å². The van der Waals surface area contributed by atoms with Gasteiger partial charge in [-0.05, 0) is 6.92 Å². The number of likely N-dealkylation sites (N-methyl/N-ethyl adjacent to an activating group) is 1. The molecule has 18 heavy (non-hydrogen) atoms. The van der Waals surface area contributed by atoms with Crippen molar-refractivity contribution in [1.82, 2.24) is 15.5 Å². The Morgan fingerprint density at radius 2 is 2.00 bits per heavy atom. The average molecular weight is 259 g/mol. The van der Waals surface area contributed by atoms with E-state index in [1.165, 1.54) is 14.0 Å². The molecule has 1 aliphatic heterocycles. The van der Waals surface area contributed by atoms with Gasteiger partial charge in [0, 0.05) is 20.0 Å². The maximum Gasteiger partial charge on any atom is 0.326 e. The Morgan fingerprint density at radius 3 is 2.50 bits per heavy atom. The van der Waals surface area contributed by atoms with Crippen LogP contribution in [0.1, 0.15) is 13.3 Å². The number of carboxylic acid groups (broad SMARTS) is 1. The number of likely N-dealkylation sites (tertiary alicyclic amines) is 1. The van der Waals surface area contributed by atoms with E-state index in [2.05, 4.69) is 10.6 Å². The molecule has 0 aliphatic carbocycles. The summed E-state index contributed by atoms with van der Waals surface area (Å²) in [7, 11) is 1.44. The third-order valence-corrected chi connectivity index (χ3v) is 2.80. The number of aliphatic carboxylic acids is 1. The zero-order valence-electron chi connectivity index (χ0n) is 10.2. The molecule has 102 valence electrons. The second-order valence-corrected chi connectivity index (χ2v) is 4.18. The normalized spacial score (nSPS) is 24.5. The van der Waals surface area contributed by atoms with E-state index in [9.17, 15) is 19.5 Å². The van der Waals surface area contributed by atoms with E-state index in [0.29, 0.717) is 0 Å². The van der Waals surface area contributed by atoms with E-state index in [0.717, 1.165) is 4.90 Å². The van der Waals surface area contributed by atoms with E-state index >= 15 is 0 Å². The van der Waals surface area contributed by atoms with Gasteiger partial charge in [-0.2, -0.15) is 0 Å². The highest BCUT2D eigenvalue weighted by Crippen LogP contribution is 2.18. The minimum absolute atomic E-state index is 0.00287. The minimum Gasteiger partial charge on any atom is -0.480 e. The van der Waals surface area contributed by atoms with E-state index in [-0.39, 0.29) is 18.9 Å². The number of rotatable bonds is 3. The Bertz CT molecular complexity index is 359. The third kappa shape index (κ3) is 3.10. The number of β-amino-alcohol motifs (C(OH)–C–C–N with tert-alkyl or cyclic N) is 1. The summed E-state index contributed by atoms with van der Waals surface area (Å²) in [5.41, 5.74) is 0. The summed E-state index contributed by atoms with van der Waals surface area (Å²) in [5, 5.41) is 23.1. The van der Waals surface area contributed by atoms with Gasteiger partial charge < -0.3 is 25.7 Å². The maximum absolute atomic E-state index is 11.8. The Morgan fingerprint density at radius 1 is 1.39 bits per heavy atom. The van der Waals surface area contributed by atoms with Crippen molar-refractivity contribution in [2.45, 2.75) is 31.5 Å². The lowest BCUT2D eigenvalue weighted by Gasteiger charge is -2.23. The number of carbonyl (C=O) groups is 3. The molecule has 3 amide bonds. The molecule has 0 aromatic heterocycles. The van der Waals surface area contributed by atoms with Crippen LogP contribution in [-0.4, -0.2) is 64.8 Å². The Balaban J connectivity index is 2.65. The van der Waals surface area contributed by atoms with Crippen LogP contribution in [0.4, 0.5) is 4.79 Å². The molecular formula is C10H17N3O5. The van der Waals surface area contributed by atoms with Gasteiger partial charge in [0.05, 0.1) is 6.10 Å². The molecule has 1 rings (SSSR count). The fraction of sp³-hybridized carbons (Fsp3) is 0.700. The Labute approximate surface area is 104 Å². The number of carbonyl (C=O) groups excluding carboxylic acids is 2. The summed E-state index contributed by atoms with van der Waals surface area (Å²) in [5.74, 6) is -1.55. The molecule has 0 spiro atoms. The summed E-state index contributed by atoms with van der Waals surface area (Å²) in [6, 6.07) is -2.50. The molecule has 1 heterocycles. The van der Waals surface area contributed by atoms with E-state index in [1.54, 1.807) is 0 Å². The van der Waals surface area contributed by atoms with Crippen molar-refractivity contribution >= 4 is 17.9 Å². The maximum atomic E-state index is 11.8. The third-order valence-electron chi connectivity index (χ3n) is 2.80. The minimum atomic E-state index is -1.17. The topological polar surface area (TPSA) is 119 Å². The zero-order valence-corrected chi connectivity index (χ0v) is 10.2. The van der Waals surface area contributed by atoms with Crippen LogP contribution in [0.2, 0.25) is 0 Å². The van der Waals surface area contributed by atoms with Crippen molar-refractivity contribution in [1.29, 1.82) is 0 Å². The standard InChI is InChI=1S/C10H17N3O5/c1-5(8(15)11-2)12-10(18)13-4-6(14)3-7(13)9(16)17/h5-7,14H,3-4H2,1-2H3,(H,11,15)(H,12,18)(H,16,17)/t5?,6-,7+/m1/s1. The zero-order chi connectivity index (χ0) is 13.9. The number of hydrogen-bond acceptors (Lipinski definition) is 4. The van der Waals surface area contributed by atoms with Gasteiger partial charge in [0.15, 0.2) is 0 Å². The molecule has 8 nitrogen and oxygen atoms in total. The second kappa shape index (κ2) is 5.67. The highest BCUT2D eigenvalue weighted by atomic mass is 16.4. The number of aliphatic hydroxyl groups is 1. The highest BCUT2D eigenvalue weighted by molar-refractivity contribution is 5.88. The van der Waals surface area contributed by atoms with E-state index in [4.69, 9.17) is 5.11 Å². The van der Waals surface area contributed by atoms with Crippen LogP contribution >= 0.6 is 0 Å². The van der Waals surface area contributed by atoms with Crippen LogP contribution in [0.25, 0.3) is 0 Å². The molecule has 0 radical (unpaired) electrons. The van der Waals surface area contributed by atoms with Crippen molar-refractivity contribution < 1.29 is 24.6 Å². The van der Waals surface area contributed by atoms with Gasteiger partial charge in [0.25, 0.3) is 0 Å². The fourth-order valence-corrected chi connectivity index (χ4v) is 1.82. The van der Waals surface area contributed by atoms with Gasteiger partial charge in [0.2, 0.25) is 5.91 Å². The number of carboxylic acids is 1. The average Bonchev–Trinajstić information content (AvgIpc) is 2.70. The smallest absolute Gasteiger partial charge is 0.326 e. The second-order valence-electron chi connectivity index (χ2n) is 4.18. The summed E-state index contributed by atoms with van der Waals surface area (Å²) >= 11 is 0. The number of nitrogens with one attached hydrogen (secondary N) is 2.